The summed E-state index contributed by atoms with van der Waals surface area (Å²) in [5, 5.41) is 6.54. The third kappa shape index (κ3) is 5.79. The van der Waals surface area contributed by atoms with Crippen molar-refractivity contribution >= 4 is 5.91 Å². The molecule has 0 aliphatic heterocycles. The van der Waals surface area contributed by atoms with E-state index in [0.717, 1.165) is 30.0 Å². The van der Waals surface area contributed by atoms with Crippen LogP contribution in [0.2, 0.25) is 0 Å². The highest BCUT2D eigenvalue weighted by Gasteiger charge is 2.43. The van der Waals surface area contributed by atoms with Gasteiger partial charge in [0.05, 0.1) is 0 Å². The predicted octanol–water partition coefficient (Wildman–Crippen LogP) is 3.75. The van der Waals surface area contributed by atoms with E-state index >= 15 is 0 Å². The lowest BCUT2D eigenvalue weighted by Crippen LogP contribution is -2.40. The Morgan fingerprint density at radius 2 is 1.94 bits per heavy atom. The standard InChI is InChI=1S/C26H24F2N4O/c1-2-18-4-3-5-20(12-18)26(8-9-26)31-11-6-23(15-19-13-21(27)16-22(28)14-19)32-25(33)24-7-10-29-17-30-24/h1,3-5,7,10,12-14,16-17,23,31H,6,8-9,11,15H2,(H,32,33)/t23-/m1/s1. The van der Waals surface area contributed by atoms with Crippen molar-refractivity contribution < 1.29 is 13.6 Å². The SMILES string of the molecule is C#Cc1cccc(C2(NCC[C@H](Cc3cc(F)cc(F)c3)NC(=O)c3ccncn3)CC2)c1. The van der Waals surface area contributed by atoms with Crippen LogP contribution in [0.15, 0.2) is 61.1 Å². The lowest BCUT2D eigenvalue weighted by molar-refractivity contribution is 0.0929. The molecule has 0 saturated heterocycles. The van der Waals surface area contributed by atoms with E-state index in [-0.39, 0.29) is 29.6 Å². The third-order valence-corrected chi connectivity index (χ3v) is 5.84. The molecule has 2 N–H and O–H groups in total. The minimum atomic E-state index is -0.644. The van der Waals surface area contributed by atoms with Crippen LogP contribution in [0.4, 0.5) is 8.78 Å². The van der Waals surface area contributed by atoms with E-state index in [0.29, 0.717) is 18.5 Å². The Kier molecular flexibility index (Phi) is 6.76. The lowest BCUT2D eigenvalue weighted by atomic mass is 10.00. The maximum absolute atomic E-state index is 13.7. The first-order valence-corrected chi connectivity index (χ1v) is 10.8. The molecule has 7 heteroatoms. The summed E-state index contributed by atoms with van der Waals surface area (Å²) < 4.78 is 27.4. The molecule has 1 aromatic heterocycles. The molecule has 1 atom stereocenters. The van der Waals surface area contributed by atoms with Crippen LogP contribution in [-0.4, -0.2) is 28.5 Å². The second-order valence-corrected chi connectivity index (χ2v) is 8.27. The molecule has 1 heterocycles. The molecule has 0 unspecified atom stereocenters. The van der Waals surface area contributed by atoms with Crippen molar-refractivity contribution in [3.05, 3.63) is 95.1 Å². The normalized spacial score (nSPS) is 14.8. The molecule has 2 aromatic carbocycles. The topological polar surface area (TPSA) is 66.9 Å². The van der Waals surface area contributed by atoms with Crippen LogP contribution in [0.25, 0.3) is 0 Å². The molecule has 1 aliphatic rings. The number of benzene rings is 2. The van der Waals surface area contributed by atoms with Gasteiger partial charge in [-0.25, -0.2) is 18.7 Å². The van der Waals surface area contributed by atoms with Crippen molar-refractivity contribution in [1.82, 2.24) is 20.6 Å². The van der Waals surface area contributed by atoms with E-state index < -0.39 is 11.6 Å². The molecule has 1 fully saturated rings. The second kappa shape index (κ2) is 9.88. The fourth-order valence-electron chi connectivity index (χ4n) is 4.01. The highest BCUT2D eigenvalue weighted by Crippen LogP contribution is 2.45. The molecule has 1 amide bonds. The van der Waals surface area contributed by atoms with Gasteiger partial charge >= 0.3 is 0 Å². The van der Waals surface area contributed by atoms with Crippen molar-refractivity contribution in [3.8, 4) is 12.3 Å². The van der Waals surface area contributed by atoms with Gasteiger partial charge in [-0.3, -0.25) is 4.79 Å². The number of nitrogens with zero attached hydrogens (tertiary/aromatic N) is 2. The molecular formula is C26H24F2N4O. The zero-order chi connectivity index (χ0) is 23.3. The van der Waals surface area contributed by atoms with Crippen LogP contribution in [0.1, 0.15) is 46.4 Å². The van der Waals surface area contributed by atoms with Crippen LogP contribution >= 0.6 is 0 Å². The van der Waals surface area contributed by atoms with E-state index in [2.05, 4.69) is 32.6 Å². The average molecular weight is 447 g/mol. The van der Waals surface area contributed by atoms with E-state index in [1.54, 1.807) is 0 Å². The lowest BCUT2D eigenvalue weighted by Gasteiger charge is -2.23. The summed E-state index contributed by atoms with van der Waals surface area (Å²) in [5.41, 5.74) is 2.57. The van der Waals surface area contributed by atoms with Gasteiger partial charge in [-0.05, 0) is 73.7 Å². The van der Waals surface area contributed by atoms with Gasteiger partial charge in [0.25, 0.3) is 5.91 Å². The van der Waals surface area contributed by atoms with Crippen molar-refractivity contribution in [2.45, 2.75) is 37.3 Å². The number of amides is 1. The Balaban J connectivity index is 1.45. The molecular weight excluding hydrogens is 422 g/mol. The Labute approximate surface area is 191 Å². The smallest absolute Gasteiger partial charge is 0.270 e. The Hall–Kier alpha value is -3.63. The molecule has 168 valence electrons. The van der Waals surface area contributed by atoms with Gasteiger partial charge in [0.2, 0.25) is 0 Å². The summed E-state index contributed by atoms with van der Waals surface area (Å²) in [6, 6.07) is 12.5. The van der Waals surface area contributed by atoms with Gasteiger partial charge < -0.3 is 10.6 Å². The molecule has 3 aromatic rings. The average Bonchev–Trinajstić information content (AvgIpc) is 3.60. The quantitative estimate of drug-likeness (QED) is 0.492. The number of hydrogen-bond acceptors (Lipinski definition) is 4. The van der Waals surface area contributed by atoms with E-state index in [1.165, 1.54) is 30.7 Å². The van der Waals surface area contributed by atoms with Gasteiger partial charge in [0.1, 0.15) is 23.7 Å². The van der Waals surface area contributed by atoms with Gasteiger partial charge in [0.15, 0.2) is 0 Å². The summed E-state index contributed by atoms with van der Waals surface area (Å²) >= 11 is 0. The molecule has 1 aliphatic carbocycles. The monoisotopic (exact) mass is 446 g/mol. The van der Waals surface area contributed by atoms with Crippen molar-refractivity contribution in [1.29, 1.82) is 0 Å². The number of aromatic nitrogens is 2. The Morgan fingerprint density at radius 1 is 1.15 bits per heavy atom. The Morgan fingerprint density at radius 3 is 2.61 bits per heavy atom. The molecule has 4 rings (SSSR count). The maximum atomic E-state index is 13.7. The van der Waals surface area contributed by atoms with E-state index in [4.69, 9.17) is 6.42 Å². The van der Waals surface area contributed by atoms with Crippen molar-refractivity contribution in [3.63, 3.8) is 0 Å². The largest absolute Gasteiger partial charge is 0.348 e. The number of hydrogen-bond donors (Lipinski definition) is 2. The molecule has 5 nitrogen and oxygen atoms in total. The minimum absolute atomic E-state index is 0.126. The fourth-order valence-corrected chi connectivity index (χ4v) is 4.01. The fraction of sp³-hybridized carbons (Fsp3) is 0.269. The molecule has 0 spiro atoms. The Bertz CT molecular complexity index is 1150. The van der Waals surface area contributed by atoms with Gasteiger partial charge in [-0.15, -0.1) is 6.42 Å². The van der Waals surface area contributed by atoms with E-state index in [1.807, 2.05) is 18.2 Å². The first-order valence-electron chi connectivity index (χ1n) is 10.8. The molecule has 0 bridgehead atoms. The highest BCUT2D eigenvalue weighted by molar-refractivity contribution is 5.92. The van der Waals surface area contributed by atoms with Gasteiger partial charge in [-0.2, -0.15) is 0 Å². The summed E-state index contributed by atoms with van der Waals surface area (Å²) in [6.45, 7) is 0.604. The van der Waals surface area contributed by atoms with Crippen LogP contribution in [0.5, 0.6) is 0 Å². The van der Waals surface area contributed by atoms with Crippen molar-refractivity contribution in [2.24, 2.45) is 0 Å². The van der Waals surface area contributed by atoms with Crippen LogP contribution in [-0.2, 0) is 12.0 Å². The van der Waals surface area contributed by atoms with E-state index in [9.17, 15) is 13.6 Å². The maximum Gasteiger partial charge on any atom is 0.270 e. The predicted molar refractivity (Wildman–Crippen MR) is 121 cm³/mol. The highest BCUT2D eigenvalue weighted by atomic mass is 19.1. The first kappa shape index (κ1) is 22.6. The zero-order valence-electron chi connectivity index (χ0n) is 18.0. The third-order valence-electron chi connectivity index (χ3n) is 5.84. The number of nitrogens with one attached hydrogen (secondary N) is 2. The number of terminal acetylenes is 1. The number of halogens is 2. The van der Waals surface area contributed by atoms with Crippen LogP contribution in [0, 0.1) is 24.0 Å². The summed E-state index contributed by atoms with van der Waals surface area (Å²) in [5.74, 6) is 1.02. The van der Waals surface area contributed by atoms with Gasteiger partial charge in [-0.1, -0.05) is 18.1 Å². The number of rotatable bonds is 9. The van der Waals surface area contributed by atoms with Crippen LogP contribution in [0.3, 0.4) is 0 Å². The van der Waals surface area contributed by atoms with Crippen molar-refractivity contribution in [2.75, 3.05) is 6.54 Å². The number of carbonyl (C=O) groups excluding carboxylic acids is 1. The number of carbonyl (C=O) groups is 1. The summed E-state index contributed by atoms with van der Waals surface area (Å²) in [4.78, 5) is 20.5. The first-order chi connectivity index (χ1) is 16.0. The molecule has 0 radical (unpaired) electrons. The van der Waals surface area contributed by atoms with Gasteiger partial charge in [0, 0.05) is 29.4 Å². The summed E-state index contributed by atoms with van der Waals surface area (Å²) in [7, 11) is 0. The summed E-state index contributed by atoms with van der Waals surface area (Å²) in [6.07, 6.45) is 11.2. The zero-order valence-corrected chi connectivity index (χ0v) is 18.0. The second-order valence-electron chi connectivity index (χ2n) is 8.27. The minimum Gasteiger partial charge on any atom is -0.348 e. The molecule has 33 heavy (non-hydrogen) atoms. The van der Waals surface area contributed by atoms with Crippen LogP contribution < -0.4 is 10.6 Å². The molecule has 1 saturated carbocycles.